The highest BCUT2D eigenvalue weighted by molar-refractivity contribution is 5.93. The van der Waals surface area contributed by atoms with Gasteiger partial charge >= 0.3 is 0 Å². The summed E-state index contributed by atoms with van der Waals surface area (Å²) in [4.78, 5) is 11.9. The number of amides is 1. The molecule has 1 atom stereocenters. The molecule has 3 N–H and O–H groups in total. The number of carbonyl (C=O) groups excluding carboxylic acids is 1. The van der Waals surface area contributed by atoms with Gasteiger partial charge in [-0.2, -0.15) is 0 Å². The smallest absolute Gasteiger partial charge is 0.227 e. The van der Waals surface area contributed by atoms with Gasteiger partial charge in [-0.25, -0.2) is 0 Å². The van der Waals surface area contributed by atoms with Crippen molar-refractivity contribution in [2.75, 3.05) is 11.9 Å². The number of ether oxygens (including phenoxy) is 1. The van der Waals surface area contributed by atoms with E-state index in [1.54, 1.807) is 0 Å². The molecule has 1 aromatic carbocycles. The van der Waals surface area contributed by atoms with Gasteiger partial charge in [-0.3, -0.25) is 4.79 Å². The number of benzene rings is 1. The zero-order chi connectivity index (χ0) is 13.5. The first kappa shape index (κ1) is 14.5. The summed E-state index contributed by atoms with van der Waals surface area (Å²) < 4.78 is 5.65. The summed E-state index contributed by atoms with van der Waals surface area (Å²) in [5.41, 5.74) is 6.16. The van der Waals surface area contributed by atoms with Crippen molar-refractivity contribution < 1.29 is 9.53 Å². The Bertz CT molecular complexity index is 391. The molecular weight excluding hydrogens is 228 g/mol. The topological polar surface area (TPSA) is 64.3 Å². The van der Waals surface area contributed by atoms with E-state index in [2.05, 4.69) is 5.32 Å². The Morgan fingerprint density at radius 2 is 2.00 bits per heavy atom. The van der Waals surface area contributed by atoms with Crippen molar-refractivity contribution in [1.82, 2.24) is 0 Å². The van der Waals surface area contributed by atoms with Crippen LogP contribution in [0.3, 0.4) is 0 Å². The van der Waals surface area contributed by atoms with Gasteiger partial charge in [0, 0.05) is 5.92 Å². The number of para-hydroxylation sites is 2. The molecule has 0 aromatic heterocycles. The van der Waals surface area contributed by atoms with Crippen LogP contribution in [0, 0.1) is 5.92 Å². The molecule has 0 aliphatic heterocycles. The van der Waals surface area contributed by atoms with Gasteiger partial charge in [-0.15, -0.1) is 0 Å². The lowest BCUT2D eigenvalue weighted by molar-refractivity contribution is -0.119. The summed E-state index contributed by atoms with van der Waals surface area (Å²) in [7, 11) is 0. The highest BCUT2D eigenvalue weighted by Gasteiger charge is 2.14. The third-order valence-electron chi connectivity index (χ3n) is 2.55. The molecule has 0 spiro atoms. The minimum atomic E-state index is -0.0953. The van der Waals surface area contributed by atoms with Gasteiger partial charge in [0.25, 0.3) is 0 Å². The first-order valence-electron chi connectivity index (χ1n) is 6.31. The van der Waals surface area contributed by atoms with Crippen molar-refractivity contribution in [2.24, 2.45) is 11.7 Å². The molecule has 1 unspecified atom stereocenters. The van der Waals surface area contributed by atoms with Gasteiger partial charge in [0.2, 0.25) is 5.91 Å². The highest BCUT2D eigenvalue weighted by atomic mass is 16.5. The molecule has 0 bridgehead atoms. The van der Waals surface area contributed by atoms with E-state index < -0.39 is 0 Å². The lowest BCUT2D eigenvalue weighted by atomic mass is 10.1. The third-order valence-corrected chi connectivity index (χ3v) is 2.55. The molecule has 4 nitrogen and oxygen atoms in total. The average Bonchev–Trinajstić information content (AvgIpc) is 2.31. The quantitative estimate of drug-likeness (QED) is 0.814. The number of rotatable bonds is 6. The molecule has 0 aliphatic carbocycles. The molecule has 0 heterocycles. The SMILES string of the molecule is CC(C)Oc1ccccc1NC(=O)C(C)CCN. The second-order valence-electron chi connectivity index (χ2n) is 4.63. The summed E-state index contributed by atoms with van der Waals surface area (Å²) in [5.74, 6) is 0.572. The summed E-state index contributed by atoms with van der Waals surface area (Å²) in [6.45, 7) is 6.29. The monoisotopic (exact) mass is 250 g/mol. The van der Waals surface area contributed by atoms with Crippen molar-refractivity contribution in [3.63, 3.8) is 0 Å². The number of anilines is 1. The van der Waals surface area contributed by atoms with Crippen LogP contribution in [0.1, 0.15) is 27.2 Å². The van der Waals surface area contributed by atoms with Crippen molar-refractivity contribution in [3.8, 4) is 5.75 Å². The Hall–Kier alpha value is -1.55. The van der Waals surface area contributed by atoms with Crippen LogP contribution in [0.15, 0.2) is 24.3 Å². The van der Waals surface area contributed by atoms with Gasteiger partial charge < -0.3 is 15.8 Å². The van der Waals surface area contributed by atoms with E-state index >= 15 is 0 Å². The fraction of sp³-hybridized carbons (Fsp3) is 0.500. The maximum atomic E-state index is 11.9. The fourth-order valence-corrected chi connectivity index (χ4v) is 1.56. The lowest BCUT2D eigenvalue weighted by Crippen LogP contribution is -2.23. The summed E-state index contributed by atoms with van der Waals surface area (Å²) >= 11 is 0. The van der Waals surface area contributed by atoms with Crippen LogP contribution in [0.4, 0.5) is 5.69 Å². The van der Waals surface area contributed by atoms with Crippen molar-refractivity contribution in [3.05, 3.63) is 24.3 Å². The Morgan fingerprint density at radius 1 is 1.33 bits per heavy atom. The molecule has 0 saturated heterocycles. The standard InChI is InChI=1S/C14H22N2O2/c1-10(2)18-13-7-5-4-6-12(13)16-14(17)11(3)8-9-15/h4-7,10-11H,8-9,15H2,1-3H3,(H,16,17). The van der Waals surface area contributed by atoms with Gasteiger partial charge in [-0.1, -0.05) is 19.1 Å². The lowest BCUT2D eigenvalue weighted by Gasteiger charge is -2.16. The van der Waals surface area contributed by atoms with E-state index in [9.17, 15) is 4.79 Å². The van der Waals surface area contributed by atoms with Crippen molar-refractivity contribution >= 4 is 11.6 Å². The molecule has 4 heteroatoms. The number of carbonyl (C=O) groups is 1. The van der Waals surface area contributed by atoms with E-state index in [1.807, 2.05) is 45.0 Å². The Kier molecular flexibility index (Phi) is 5.65. The second-order valence-corrected chi connectivity index (χ2v) is 4.63. The third kappa shape index (κ3) is 4.37. The Labute approximate surface area is 109 Å². The van der Waals surface area contributed by atoms with Crippen LogP contribution < -0.4 is 15.8 Å². The van der Waals surface area contributed by atoms with Crippen LogP contribution in [-0.4, -0.2) is 18.6 Å². The van der Waals surface area contributed by atoms with E-state index in [-0.39, 0.29) is 17.9 Å². The normalized spacial score (nSPS) is 12.3. The molecular formula is C14H22N2O2. The molecule has 1 aromatic rings. The summed E-state index contributed by atoms with van der Waals surface area (Å²) in [6.07, 6.45) is 0.753. The van der Waals surface area contributed by atoms with Gasteiger partial charge in [0.05, 0.1) is 11.8 Å². The molecule has 1 rings (SSSR count). The number of hydrogen-bond donors (Lipinski definition) is 2. The maximum absolute atomic E-state index is 11.9. The number of hydrogen-bond acceptors (Lipinski definition) is 3. The molecule has 0 radical (unpaired) electrons. The first-order valence-corrected chi connectivity index (χ1v) is 6.31. The van der Waals surface area contributed by atoms with Crippen LogP contribution >= 0.6 is 0 Å². The predicted octanol–water partition coefficient (Wildman–Crippen LogP) is 2.40. The second kappa shape index (κ2) is 7.01. The summed E-state index contributed by atoms with van der Waals surface area (Å²) in [6, 6.07) is 7.45. The van der Waals surface area contributed by atoms with Gasteiger partial charge in [0.1, 0.15) is 5.75 Å². The zero-order valence-electron chi connectivity index (χ0n) is 11.3. The van der Waals surface area contributed by atoms with Crippen LogP contribution in [-0.2, 0) is 4.79 Å². The fourth-order valence-electron chi connectivity index (χ4n) is 1.56. The molecule has 1 amide bonds. The highest BCUT2D eigenvalue weighted by Crippen LogP contribution is 2.25. The molecule has 0 saturated carbocycles. The predicted molar refractivity (Wildman–Crippen MR) is 73.7 cm³/mol. The van der Waals surface area contributed by atoms with E-state index in [0.717, 1.165) is 0 Å². The van der Waals surface area contributed by atoms with Crippen molar-refractivity contribution in [1.29, 1.82) is 0 Å². The Balaban J connectivity index is 2.74. The average molecular weight is 250 g/mol. The molecule has 0 aliphatic rings. The first-order chi connectivity index (χ1) is 8.54. The van der Waals surface area contributed by atoms with Crippen molar-refractivity contribution in [2.45, 2.75) is 33.3 Å². The summed E-state index contributed by atoms with van der Waals surface area (Å²) in [5, 5.41) is 2.88. The largest absolute Gasteiger partial charge is 0.489 e. The molecule has 100 valence electrons. The maximum Gasteiger partial charge on any atom is 0.227 e. The zero-order valence-corrected chi connectivity index (χ0v) is 11.3. The minimum absolute atomic E-state index is 0.0275. The minimum Gasteiger partial charge on any atom is -0.489 e. The van der Waals surface area contributed by atoms with E-state index in [0.29, 0.717) is 24.4 Å². The van der Waals surface area contributed by atoms with Crippen LogP contribution in [0.2, 0.25) is 0 Å². The van der Waals surface area contributed by atoms with Crippen LogP contribution in [0.25, 0.3) is 0 Å². The molecule has 18 heavy (non-hydrogen) atoms. The van der Waals surface area contributed by atoms with Gasteiger partial charge in [-0.05, 0) is 38.9 Å². The van der Waals surface area contributed by atoms with E-state index in [4.69, 9.17) is 10.5 Å². The van der Waals surface area contributed by atoms with E-state index in [1.165, 1.54) is 0 Å². The van der Waals surface area contributed by atoms with Gasteiger partial charge in [0.15, 0.2) is 0 Å². The van der Waals surface area contributed by atoms with Crippen LogP contribution in [0.5, 0.6) is 5.75 Å². The molecule has 0 fully saturated rings. The Morgan fingerprint density at radius 3 is 2.61 bits per heavy atom. The number of nitrogens with two attached hydrogens (primary N) is 1. The number of nitrogens with one attached hydrogen (secondary N) is 1.